The summed E-state index contributed by atoms with van der Waals surface area (Å²) in [5.41, 5.74) is 5.23. The number of benzene rings is 2. The fourth-order valence-corrected chi connectivity index (χ4v) is 5.92. The number of nitro groups is 1. The van der Waals surface area contributed by atoms with Crippen LogP contribution in [0, 0.1) is 17.0 Å². The molecule has 2 aromatic carbocycles. The number of fused-ring (bicyclic) bond motifs is 1. The lowest BCUT2D eigenvalue weighted by molar-refractivity contribution is -0.384. The van der Waals surface area contributed by atoms with E-state index in [9.17, 15) is 19.7 Å². The van der Waals surface area contributed by atoms with Gasteiger partial charge in [-0.2, -0.15) is 0 Å². The topological polar surface area (TPSA) is 83.8 Å². The van der Waals surface area contributed by atoms with Gasteiger partial charge < -0.3 is 4.90 Å². The third-order valence-electron chi connectivity index (χ3n) is 6.74. The van der Waals surface area contributed by atoms with Gasteiger partial charge in [-0.25, -0.2) is 0 Å². The van der Waals surface area contributed by atoms with Crippen molar-refractivity contribution in [2.75, 3.05) is 11.4 Å². The summed E-state index contributed by atoms with van der Waals surface area (Å²) < 4.78 is 0. The average Bonchev–Trinajstić information content (AvgIpc) is 3.02. The number of imide groups is 1. The molecule has 2 heterocycles. The predicted octanol–water partition coefficient (Wildman–Crippen LogP) is 6.25. The molecule has 1 saturated heterocycles. The Morgan fingerprint density at radius 3 is 2.50 bits per heavy atom. The van der Waals surface area contributed by atoms with Crippen LogP contribution in [0.15, 0.2) is 41.3 Å². The minimum atomic E-state index is -0.477. The van der Waals surface area contributed by atoms with Crippen molar-refractivity contribution in [3.8, 4) is 0 Å². The molecule has 0 saturated carbocycles. The molecule has 0 N–H and O–H groups in total. The van der Waals surface area contributed by atoms with Gasteiger partial charge in [0.05, 0.1) is 16.4 Å². The van der Waals surface area contributed by atoms with Crippen LogP contribution < -0.4 is 4.90 Å². The highest BCUT2D eigenvalue weighted by Gasteiger charge is 2.37. The van der Waals surface area contributed by atoms with Gasteiger partial charge in [-0.15, -0.1) is 0 Å². The minimum Gasteiger partial charge on any atom is -0.366 e. The predicted molar refractivity (Wildman–Crippen MR) is 136 cm³/mol. The number of non-ortho nitro benzene ring substituents is 1. The molecule has 178 valence electrons. The van der Waals surface area contributed by atoms with Crippen LogP contribution in [-0.2, 0) is 11.3 Å². The Bertz CT molecular complexity index is 1200. The van der Waals surface area contributed by atoms with Gasteiger partial charge in [0.15, 0.2) is 0 Å². The van der Waals surface area contributed by atoms with Crippen LogP contribution in [-0.4, -0.2) is 33.1 Å². The van der Waals surface area contributed by atoms with Crippen LogP contribution >= 0.6 is 11.8 Å². The Morgan fingerprint density at radius 2 is 1.88 bits per heavy atom. The summed E-state index contributed by atoms with van der Waals surface area (Å²) >= 11 is 0.936. The molecule has 34 heavy (non-hydrogen) atoms. The highest BCUT2D eigenvalue weighted by Crippen LogP contribution is 2.45. The van der Waals surface area contributed by atoms with Crippen LogP contribution in [0.3, 0.4) is 0 Å². The van der Waals surface area contributed by atoms with Gasteiger partial charge >= 0.3 is 0 Å². The van der Waals surface area contributed by atoms with Crippen molar-refractivity contribution in [1.29, 1.82) is 0 Å². The molecule has 2 amide bonds. The molecule has 8 heteroatoms. The van der Waals surface area contributed by atoms with Crippen LogP contribution in [0.25, 0.3) is 6.08 Å². The molecule has 0 spiro atoms. The number of amides is 2. The SMILES string of the molecule is CCN1c2cc(C)c(/C=C3\SC(=O)N(Cc4ccc([N+](=O)[O-])cc4)C3=O)cc2[C@H](C)CC1(C)C. The lowest BCUT2D eigenvalue weighted by Crippen LogP contribution is -2.48. The summed E-state index contributed by atoms with van der Waals surface area (Å²) in [4.78, 5) is 40.1. The van der Waals surface area contributed by atoms with E-state index in [0.717, 1.165) is 35.9 Å². The monoisotopic (exact) mass is 479 g/mol. The third-order valence-corrected chi connectivity index (χ3v) is 7.65. The molecule has 0 aliphatic carbocycles. The summed E-state index contributed by atoms with van der Waals surface area (Å²) in [5, 5.41) is 10.5. The molecule has 7 nitrogen and oxygen atoms in total. The normalized spacial score (nSPS) is 20.7. The maximum atomic E-state index is 13.0. The lowest BCUT2D eigenvalue weighted by Gasteiger charge is -2.47. The molecule has 2 aliphatic heterocycles. The van der Waals surface area contributed by atoms with Crippen molar-refractivity contribution in [3.05, 3.63) is 73.7 Å². The van der Waals surface area contributed by atoms with Crippen molar-refractivity contribution < 1.29 is 14.5 Å². The number of carbonyl (C=O) groups is 2. The maximum absolute atomic E-state index is 13.0. The summed E-state index contributed by atoms with van der Waals surface area (Å²) in [6.45, 7) is 12.0. The molecule has 4 rings (SSSR count). The van der Waals surface area contributed by atoms with E-state index in [2.05, 4.69) is 44.7 Å². The summed E-state index contributed by atoms with van der Waals surface area (Å²) in [6.07, 6.45) is 2.86. The first-order valence-corrected chi connectivity index (χ1v) is 12.2. The first-order valence-electron chi connectivity index (χ1n) is 11.4. The standard InChI is InChI=1S/C26H29N3O4S/c1-6-28-22-11-16(2)19(12-21(22)17(3)14-26(28,4)5)13-23-24(30)27(25(31)34-23)15-18-7-9-20(10-8-18)29(32)33/h7-13,17H,6,14-15H2,1-5H3/b23-13-/t17-/m1/s1. The zero-order valence-corrected chi connectivity index (χ0v) is 20.9. The van der Waals surface area contributed by atoms with E-state index >= 15 is 0 Å². The van der Waals surface area contributed by atoms with E-state index < -0.39 is 4.92 Å². The second kappa shape index (κ2) is 8.91. The van der Waals surface area contributed by atoms with E-state index in [4.69, 9.17) is 0 Å². The number of carbonyl (C=O) groups excluding carboxylic acids is 2. The van der Waals surface area contributed by atoms with Crippen molar-refractivity contribution in [2.45, 2.75) is 59.0 Å². The molecule has 1 fully saturated rings. The van der Waals surface area contributed by atoms with Gasteiger partial charge in [-0.05, 0) is 92.3 Å². The van der Waals surface area contributed by atoms with Crippen LogP contribution in [0.4, 0.5) is 16.2 Å². The Hall–Kier alpha value is -3.13. The molecule has 0 bridgehead atoms. The molecule has 0 radical (unpaired) electrons. The fourth-order valence-electron chi connectivity index (χ4n) is 5.09. The summed E-state index contributed by atoms with van der Waals surface area (Å²) in [6, 6.07) is 10.3. The highest BCUT2D eigenvalue weighted by atomic mass is 32.2. The number of hydrogen-bond donors (Lipinski definition) is 0. The van der Waals surface area contributed by atoms with Gasteiger partial charge in [-0.3, -0.25) is 24.6 Å². The lowest BCUT2D eigenvalue weighted by atomic mass is 9.79. The number of thioether (sulfide) groups is 1. The molecule has 0 aromatic heterocycles. The zero-order chi connectivity index (χ0) is 24.8. The van der Waals surface area contributed by atoms with E-state index in [0.29, 0.717) is 16.4 Å². The van der Waals surface area contributed by atoms with Gasteiger partial charge in [0.25, 0.3) is 16.8 Å². The summed E-state index contributed by atoms with van der Waals surface area (Å²) in [7, 11) is 0. The summed E-state index contributed by atoms with van der Waals surface area (Å²) in [5.74, 6) is 0.0487. The number of rotatable bonds is 5. The van der Waals surface area contributed by atoms with Gasteiger partial charge in [0.2, 0.25) is 0 Å². The second-order valence-corrected chi connectivity index (χ2v) is 10.6. The van der Waals surface area contributed by atoms with E-state index in [1.165, 1.54) is 28.3 Å². The maximum Gasteiger partial charge on any atom is 0.293 e. The largest absolute Gasteiger partial charge is 0.366 e. The van der Waals surface area contributed by atoms with Gasteiger partial charge in [-0.1, -0.05) is 19.1 Å². The van der Waals surface area contributed by atoms with E-state index in [1.54, 1.807) is 12.1 Å². The number of aryl methyl sites for hydroxylation is 1. The third kappa shape index (κ3) is 4.34. The molecule has 0 unspecified atom stereocenters. The van der Waals surface area contributed by atoms with Crippen molar-refractivity contribution in [1.82, 2.24) is 4.90 Å². The number of hydrogen-bond acceptors (Lipinski definition) is 6. The Morgan fingerprint density at radius 1 is 1.21 bits per heavy atom. The van der Waals surface area contributed by atoms with Crippen LogP contribution in [0.2, 0.25) is 0 Å². The van der Waals surface area contributed by atoms with E-state index in [-0.39, 0.29) is 28.9 Å². The first kappa shape index (κ1) is 24.0. The van der Waals surface area contributed by atoms with Crippen molar-refractivity contribution in [3.63, 3.8) is 0 Å². The first-order chi connectivity index (χ1) is 16.0. The average molecular weight is 480 g/mol. The van der Waals surface area contributed by atoms with Crippen molar-refractivity contribution >= 4 is 40.4 Å². The highest BCUT2D eigenvalue weighted by molar-refractivity contribution is 8.18. The van der Waals surface area contributed by atoms with Gasteiger partial charge in [0.1, 0.15) is 0 Å². The Kier molecular flexibility index (Phi) is 6.29. The zero-order valence-electron chi connectivity index (χ0n) is 20.1. The van der Waals surface area contributed by atoms with Crippen molar-refractivity contribution in [2.24, 2.45) is 0 Å². The molecule has 2 aromatic rings. The quantitative estimate of drug-likeness (QED) is 0.286. The number of anilines is 1. The molecular weight excluding hydrogens is 450 g/mol. The molecule has 2 aliphatic rings. The van der Waals surface area contributed by atoms with Crippen LogP contribution in [0.5, 0.6) is 0 Å². The number of nitro benzene ring substituents is 1. The van der Waals surface area contributed by atoms with Gasteiger partial charge in [0, 0.05) is 29.9 Å². The Balaban J connectivity index is 1.61. The smallest absolute Gasteiger partial charge is 0.293 e. The fraction of sp³-hybridized carbons (Fsp3) is 0.385. The Labute approximate surface area is 204 Å². The molecular formula is C26H29N3O4S. The minimum absolute atomic E-state index is 0.0278. The number of nitrogens with zero attached hydrogens (tertiary/aromatic N) is 3. The van der Waals surface area contributed by atoms with Crippen LogP contribution in [0.1, 0.15) is 62.3 Å². The second-order valence-electron chi connectivity index (χ2n) is 9.62. The van der Waals surface area contributed by atoms with E-state index in [1.807, 2.05) is 13.0 Å². The molecule has 1 atom stereocenters.